The van der Waals surface area contributed by atoms with E-state index in [1.807, 2.05) is 42.3 Å². The number of aryl methyl sites for hydroxylation is 1. The molecular formula is C31H33N5O5. The summed E-state index contributed by atoms with van der Waals surface area (Å²) in [5.74, 6) is -0.193. The number of rotatable bonds is 8. The zero-order valence-corrected chi connectivity index (χ0v) is 23.6. The summed E-state index contributed by atoms with van der Waals surface area (Å²) in [6, 6.07) is 16.9. The molecule has 0 saturated heterocycles. The fraction of sp³-hybridized carbons (Fsp3) is 0.323. The highest BCUT2D eigenvalue weighted by atomic mass is 16.5. The van der Waals surface area contributed by atoms with Crippen LogP contribution in [-0.2, 0) is 34.3 Å². The van der Waals surface area contributed by atoms with Gasteiger partial charge in [0.25, 0.3) is 5.91 Å². The lowest BCUT2D eigenvalue weighted by Gasteiger charge is -2.32. The number of methoxy groups -OCH3 is 1. The van der Waals surface area contributed by atoms with Crippen LogP contribution in [0.5, 0.6) is 5.75 Å². The van der Waals surface area contributed by atoms with Gasteiger partial charge < -0.3 is 19.7 Å². The van der Waals surface area contributed by atoms with Gasteiger partial charge in [-0.15, -0.1) is 5.10 Å². The van der Waals surface area contributed by atoms with Crippen molar-refractivity contribution in [1.82, 2.24) is 19.9 Å². The van der Waals surface area contributed by atoms with E-state index in [2.05, 4.69) is 15.6 Å². The molecule has 1 aromatic heterocycles. The van der Waals surface area contributed by atoms with Crippen LogP contribution in [0.3, 0.4) is 0 Å². The van der Waals surface area contributed by atoms with Gasteiger partial charge in [-0.1, -0.05) is 23.4 Å². The fourth-order valence-corrected chi connectivity index (χ4v) is 5.55. The van der Waals surface area contributed by atoms with Crippen LogP contribution in [-0.4, -0.2) is 57.9 Å². The number of aromatic nitrogens is 3. The summed E-state index contributed by atoms with van der Waals surface area (Å²) in [4.78, 5) is 39.3. The van der Waals surface area contributed by atoms with E-state index in [1.165, 1.54) is 6.92 Å². The number of carbonyl (C=O) groups is 3. The van der Waals surface area contributed by atoms with Crippen molar-refractivity contribution in [2.24, 2.45) is 7.05 Å². The van der Waals surface area contributed by atoms with Crippen molar-refractivity contribution >= 4 is 34.5 Å². The zero-order chi connectivity index (χ0) is 29.1. The summed E-state index contributed by atoms with van der Waals surface area (Å²) < 4.78 is 12.7. The smallest absolute Gasteiger partial charge is 0.306 e. The number of nitrogens with one attached hydrogen (secondary N) is 1. The van der Waals surface area contributed by atoms with Crippen molar-refractivity contribution in [2.75, 3.05) is 25.6 Å². The second-order valence-corrected chi connectivity index (χ2v) is 10.1. The number of fused-ring (bicyclic) bond motifs is 2. The van der Waals surface area contributed by atoms with Gasteiger partial charge in [0, 0.05) is 44.2 Å². The molecule has 4 aromatic rings. The molecule has 2 heterocycles. The number of esters is 1. The van der Waals surface area contributed by atoms with Crippen molar-refractivity contribution in [3.8, 4) is 5.75 Å². The molecule has 1 aliphatic rings. The highest BCUT2D eigenvalue weighted by Gasteiger charge is 2.29. The number of benzene rings is 3. The van der Waals surface area contributed by atoms with Crippen LogP contribution in [0, 0.1) is 0 Å². The van der Waals surface area contributed by atoms with Crippen LogP contribution in [0.15, 0.2) is 54.6 Å². The summed E-state index contributed by atoms with van der Waals surface area (Å²) in [5, 5.41) is 11.2. The maximum Gasteiger partial charge on any atom is 0.306 e. The Hall–Kier alpha value is -4.73. The predicted octanol–water partition coefficient (Wildman–Crippen LogP) is 4.22. The first-order chi connectivity index (χ1) is 19.8. The minimum Gasteiger partial charge on any atom is -0.494 e. The van der Waals surface area contributed by atoms with Gasteiger partial charge in [0.05, 0.1) is 20.1 Å². The van der Waals surface area contributed by atoms with Gasteiger partial charge in [0.15, 0.2) is 0 Å². The molecule has 41 heavy (non-hydrogen) atoms. The summed E-state index contributed by atoms with van der Waals surface area (Å²) >= 11 is 0. The molecule has 0 bridgehead atoms. The van der Waals surface area contributed by atoms with Gasteiger partial charge in [0.1, 0.15) is 16.8 Å². The SMILES string of the molecule is CCOC(=O)CC(c1cc(OC)c2c(c1)nnn2C)c1cccc2c1CCN(C(=O)c1ccc(NC(C)=O)cc1)C2. The standard InChI is InChI=1S/C31H33N5O5/c1-5-41-29(38)17-26(22-15-27-30(28(16-22)40-4)35(3)34-33-27)25-8-6-7-21-18-36(14-13-24(21)25)31(39)20-9-11-23(12-10-20)32-19(2)37/h6-12,15-16,26H,5,13-14,17-18H2,1-4H3,(H,32,37). The van der Waals surface area contributed by atoms with Crippen LogP contribution in [0.4, 0.5) is 5.69 Å². The van der Waals surface area contributed by atoms with Gasteiger partial charge in [-0.05, 0) is 72.0 Å². The van der Waals surface area contributed by atoms with Crippen molar-refractivity contribution in [2.45, 2.75) is 39.2 Å². The Labute approximate surface area is 238 Å². The van der Waals surface area contributed by atoms with E-state index in [0.29, 0.717) is 48.6 Å². The summed E-state index contributed by atoms with van der Waals surface area (Å²) in [6.45, 7) is 4.53. The second-order valence-electron chi connectivity index (χ2n) is 10.1. The Kier molecular flexibility index (Phi) is 8.00. The minimum atomic E-state index is -0.298. The maximum atomic E-state index is 13.3. The van der Waals surface area contributed by atoms with Crippen molar-refractivity contribution in [3.05, 3.63) is 82.4 Å². The van der Waals surface area contributed by atoms with Crippen LogP contribution in [0.2, 0.25) is 0 Å². The molecule has 0 radical (unpaired) electrons. The Morgan fingerprint density at radius 2 is 1.88 bits per heavy atom. The molecule has 0 aliphatic carbocycles. The molecule has 3 aromatic carbocycles. The first-order valence-corrected chi connectivity index (χ1v) is 13.6. The number of hydrogen-bond donors (Lipinski definition) is 1. The Morgan fingerprint density at radius 1 is 1.10 bits per heavy atom. The number of ether oxygens (including phenoxy) is 2. The molecule has 212 valence electrons. The number of hydrogen-bond acceptors (Lipinski definition) is 7. The minimum absolute atomic E-state index is 0.0728. The van der Waals surface area contributed by atoms with E-state index in [1.54, 1.807) is 43.0 Å². The molecule has 0 saturated carbocycles. The van der Waals surface area contributed by atoms with Crippen LogP contribution in [0.1, 0.15) is 58.8 Å². The van der Waals surface area contributed by atoms with Crippen LogP contribution < -0.4 is 10.1 Å². The molecule has 2 amide bonds. The third kappa shape index (κ3) is 5.77. The predicted molar refractivity (Wildman–Crippen MR) is 154 cm³/mol. The van der Waals surface area contributed by atoms with Gasteiger partial charge in [-0.3, -0.25) is 14.4 Å². The van der Waals surface area contributed by atoms with E-state index in [0.717, 1.165) is 27.8 Å². The highest BCUT2D eigenvalue weighted by Crippen LogP contribution is 2.38. The zero-order valence-electron chi connectivity index (χ0n) is 23.6. The van der Waals surface area contributed by atoms with E-state index in [-0.39, 0.29) is 30.1 Å². The largest absolute Gasteiger partial charge is 0.494 e. The lowest BCUT2D eigenvalue weighted by molar-refractivity contribution is -0.143. The van der Waals surface area contributed by atoms with Crippen molar-refractivity contribution in [3.63, 3.8) is 0 Å². The lowest BCUT2D eigenvalue weighted by Crippen LogP contribution is -2.36. The highest BCUT2D eigenvalue weighted by molar-refractivity contribution is 5.95. The molecule has 1 aliphatic heterocycles. The van der Waals surface area contributed by atoms with Gasteiger partial charge in [-0.2, -0.15) is 0 Å². The van der Waals surface area contributed by atoms with E-state index in [4.69, 9.17) is 9.47 Å². The summed E-state index contributed by atoms with van der Waals surface area (Å²) in [7, 11) is 3.42. The Morgan fingerprint density at radius 3 is 2.59 bits per heavy atom. The molecule has 1 N–H and O–H groups in total. The monoisotopic (exact) mass is 555 g/mol. The third-order valence-corrected chi connectivity index (χ3v) is 7.40. The van der Waals surface area contributed by atoms with Gasteiger partial charge in [-0.25, -0.2) is 4.68 Å². The van der Waals surface area contributed by atoms with Crippen LogP contribution in [0.25, 0.3) is 11.0 Å². The average Bonchev–Trinajstić information content (AvgIpc) is 3.35. The first-order valence-electron chi connectivity index (χ1n) is 13.6. The number of nitrogens with zero attached hydrogens (tertiary/aromatic N) is 4. The average molecular weight is 556 g/mol. The molecule has 1 atom stereocenters. The Balaban J connectivity index is 1.47. The van der Waals surface area contributed by atoms with Crippen LogP contribution >= 0.6 is 0 Å². The van der Waals surface area contributed by atoms with E-state index < -0.39 is 0 Å². The molecule has 5 rings (SSSR count). The van der Waals surface area contributed by atoms with E-state index in [9.17, 15) is 14.4 Å². The maximum absolute atomic E-state index is 13.3. The molecular weight excluding hydrogens is 522 g/mol. The number of amides is 2. The van der Waals surface area contributed by atoms with Crippen molar-refractivity contribution in [1.29, 1.82) is 0 Å². The number of carbonyl (C=O) groups excluding carboxylic acids is 3. The number of anilines is 1. The third-order valence-electron chi connectivity index (χ3n) is 7.40. The molecule has 0 fully saturated rings. The van der Waals surface area contributed by atoms with Gasteiger partial charge >= 0.3 is 5.97 Å². The normalized spacial score (nSPS) is 13.4. The van der Waals surface area contributed by atoms with Crippen molar-refractivity contribution < 1.29 is 23.9 Å². The van der Waals surface area contributed by atoms with Gasteiger partial charge in [0.2, 0.25) is 5.91 Å². The quantitative estimate of drug-likeness (QED) is 0.324. The molecule has 0 spiro atoms. The summed E-state index contributed by atoms with van der Waals surface area (Å²) in [6.07, 6.45) is 0.799. The molecule has 10 nitrogen and oxygen atoms in total. The first kappa shape index (κ1) is 27.8. The van der Waals surface area contributed by atoms with E-state index >= 15 is 0 Å². The molecule has 10 heteroatoms. The second kappa shape index (κ2) is 11.8. The lowest BCUT2D eigenvalue weighted by atomic mass is 9.82. The topological polar surface area (TPSA) is 116 Å². The Bertz CT molecular complexity index is 1610. The molecule has 1 unspecified atom stereocenters. The fourth-order valence-electron chi connectivity index (χ4n) is 5.55. The summed E-state index contributed by atoms with van der Waals surface area (Å²) in [5.41, 5.74) is 6.74.